The molecule has 0 radical (unpaired) electrons. The van der Waals surface area contributed by atoms with Crippen LogP contribution in [0.1, 0.15) is 23.2 Å². The Balaban J connectivity index is 2.36. The molecule has 0 spiro atoms. The molecule has 0 amide bonds. The van der Waals surface area contributed by atoms with Gasteiger partial charge in [0, 0.05) is 12.7 Å². The van der Waals surface area contributed by atoms with Gasteiger partial charge in [0.2, 0.25) is 0 Å². The van der Waals surface area contributed by atoms with Crippen molar-refractivity contribution in [2.24, 2.45) is 0 Å². The molecule has 0 aromatic carbocycles. The standard InChI is InChI=1S/C12H13FN2O3/c1-18-12(17)9-3-2-6-15(9)11-10(13)8(7-16)4-5-14-11/h4-5,7,9H,2-3,6H2,1H3. The van der Waals surface area contributed by atoms with Gasteiger partial charge in [-0.3, -0.25) is 4.79 Å². The van der Waals surface area contributed by atoms with Gasteiger partial charge in [-0.1, -0.05) is 0 Å². The van der Waals surface area contributed by atoms with Crippen LogP contribution in [0.3, 0.4) is 0 Å². The minimum Gasteiger partial charge on any atom is -0.467 e. The highest BCUT2D eigenvalue weighted by Gasteiger charge is 2.34. The van der Waals surface area contributed by atoms with Crippen LogP contribution in [0.4, 0.5) is 10.2 Å². The first kappa shape index (κ1) is 12.5. The van der Waals surface area contributed by atoms with Crippen LogP contribution in [-0.2, 0) is 9.53 Å². The Labute approximate surface area is 104 Å². The Kier molecular flexibility index (Phi) is 3.55. The number of pyridine rings is 1. The molecular formula is C12H13FN2O3. The first-order chi connectivity index (χ1) is 8.69. The fourth-order valence-corrected chi connectivity index (χ4v) is 2.14. The number of nitrogens with zero attached hydrogens (tertiary/aromatic N) is 2. The summed E-state index contributed by atoms with van der Waals surface area (Å²) in [5.41, 5.74) is -0.0597. The maximum atomic E-state index is 14.0. The number of anilines is 1. The van der Waals surface area contributed by atoms with Gasteiger partial charge in [-0.25, -0.2) is 14.2 Å². The Bertz CT molecular complexity index is 478. The van der Waals surface area contributed by atoms with Crippen molar-refractivity contribution in [2.45, 2.75) is 18.9 Å². The quantitative estimate of drug-likeness (QED) is 0.597. The van der Waals surface area contributed by atoms with Crippen molar-refractivity contribution in [2.75, 3.05) is 18.6 Å². The lowest BCUT2D eigenvalue weighted by molar-refractivity contribution is -0.141. The molecule has 1 unspecified atom stereocenters. The van der Waals surface area contributed by atoms with E-state index in [1.165, 1.54) is 19.4 Å². The Morgan fingerprint density at radius 2 is 2.44 bits per heavy atom. The minimum atomic E-state index is -0.691. The monoisotopic (exact) mass is 252 g/mol. The molecule has 2 heterocycles. The number of rotatable bonds is 3. The number of hydrogen-bond donors (Lipinski definition) is 0. The number of esters is 1. The van der Waals surface area contributed by atoms with Crippen LogP contribution in [0.15, 0.2) is 12.3 Å². The molecule has 5 nitrogen and oxygen atoms in total. The van der Waals surface area contributed by atoms with E-state index in [1.807, 2.05) is 0 Å². The third kappa shape index (κ3) is 2.05. The van der Waals surface area contributed by atoms with E-state index in [4.69, 9.17) is 0 Å². The summed E-state index contributed by atoms with van der Waals surface area (Å²) in [7, 11) is 1.30. The van der Waals surface area contributed by atoms with Gasteiger partial charge in [0.15, 0.2) is 17.9 Å². The van der Waals surface area contributed by atoms with Crippen LogP contribution in [0, 0.1) is 5.82 Å². The summed E-state index contributed by atoms with van der Waals surface area (Å²) in [4.78, 5) is 27.7. The molecule has 0 bridgehead atoms. The second kappa shape index (κ2) is 5.12. The van der Waals surface area contributed by atoms with Gasteiger partial charge < -0.3 is 9.64 Å². The lowest BCUT2D eigenvalue weighted by Gasteiger charge is -2.24. The van der Waals surface area contributed by atoms with E-state index in [1.54, 1.807) is 4.90 Å². The van der Waals surface area contributed by atoms with E-state index in [0.29, 0.717) is 19.3 Å². The van der Waals surface area contributed by atoms with E-state index >= 15 is 0 Å². The zero-order chi connectivity index (χ0) is 13.1. The molecular weight excluding hydrogens is 239 g/mol. The van der Waals surface area contributed by atoms with Crippen molar-refractivity contribution >= 4 is 18.1 Å². The highest BCUT2D eigenvalue weighted by atomic mass is 19.1. The molecule has 1 aliphatic rings. The summed E-state index contributed by atoms with van der Waals surface area (Å²) >= 11 is 0. The molecule has 6 heteroatoms. The fourth-order valence-electron chi connectivity index (χ4n) is 2.14. The van der Waals surface area contributed by atoms with E-state index in [-0.39, 0.29) is 11.4 Å². The fraction of sp³-hybridized carbons (Fsp3) is 0.417. The maximum absolute atomic E-state index is 14.0. The van der Waals surface area contributed by atoms with E-state index in [9.17, 15) is 14.0 Å². The number of methoxy groups -OCH3 is 1. The average Bonchev–Trinajstić information content (AvgIpc) is 2.87. The van der Waals surface area contributed by atoms with E-state index in [0.717, 1.165) is 6.42 Å². The number of hydrogen-bond acceptors (Lipinski definition) is 5. The number of halogens is 1. The summed E-state index contributed by atoms with van der Waals surface area (Å²) in [5.74, 6) is -1.07. The smallest absolute Gasteiger partial charge is 0.328 e. The van der Waals surface area contributed by atoms with Crippen molar-refractivity contribution in [3.05, 3.63) is 23.6 Å². The van der Waals surface area contributed by atoms with Crippen molar-refractivity contribution in [1.82, 2.24) is 4.98 Å². The third-order valence-electron chi connectivity index (χ3n) is 3.03. The van der Waals surface area contributed by atoms with Crippen molar-refractivity contribution in [3.8, 4) is 0 Å². The summed E-state index contributed by atoms with van der Waals surface area (Å²) in [6.45, 7) is 0.520. The molecule has 1 aromatic rings. The van der Waals surface area contributed by atoms with Gasteiger partial charge in [-0.15, -0.1) is 0 Å². The van der Waals surface area contributed by atoms with E-state index in [2.05, 4.69) is 9.72 Å². The normalized spacial score (nSPS) is 18.8. The Morgan fingerprint density at radius 3 is 3.11 bits per heavy atom. The molecule has 0 aliphatic carbocycles. The third-order valence-corrected chi connectivity index (χ3v) is 3.03. The molecule has 0 N–H and O–H groups in total. The highest BCUT2D eigenvalue weighted by Crippen LogP contribution is 2.27. The Hall–Kier alpha value is -1.98. The van der Waals surface area contributed by atoms with Crippen molar-refractivity contribution < 1.29 is 18.7 Å². The number of carbonyl (C=O) groups excluding carboxylic acids is 2. The van der Waals surface area contributed by atoms with Crippen LogP contribution in [0.25, 0.3) is 0 Å². The first-order valence-electron chi connectivity index (χ1n) is 5.63. The minimum absolute atomic E-state index is 0.0347. The van der Waals surface area contributed by atoms with E-state index < -0.39 is 17.8 Å². The maximum Gasteiger partial charge on any atom is 0.328 e. The number of aromatic nitrogens is 1. The Morgan fingerprint density at radius 1 is 1.67 bits per heavy atom. The van der Waals surface area contributed by atoms with Gasteiger partial charge >= 0.3 is 5.97 Å². The summed E-state index contributed by atoms with van der Waals surface area (Å²) < 4.78 is 18.7. The van der Waals surface area contributed by atoms with Gasteiger partial charge in [0.1, 0.15) is 6.04 Å². The lowest BCUT2D eigenvalue weighted by atomic mass is 10.2. The molecule has 2 rings (SSSR count). The second-order valence-electron chi connectivity index (χ2n) is 4.03. The van der Waals surface area contributed by atoms with Crippen molar-refractivity contribution in [3.63, 3.8) is 0 Å². The number of carbonyl (C=O) groups is 2. The summed E-state index contributed by atoms with van der Waals surface area (Å²) in [6.07, 6.45) is 3.14. The molecule has 1 saturated heterocycles. The van der Waals surface area contributed by atoms with Crippen LogP contribution in [0.5, 0.6) is 0 Å². The molecule has 1 atom stereocenters. The van der Waals surface area contributed by atoms with Crippen LogP contribution >= 0.6 is 0 Å². The van der Waals surface area contributed by atoms with Gasteiger partial charge in [0.05, 0.1) is 12.7 Å². The molecule has 1 aromatic heterocycles. The van der Waals surface area contributed by atoms with Crippen molar-refractivity contribution in [1.29, 1.82) is 0 Å². The van der Waals surface area contributed by atoms with Crippen LogP contribution < -0.4 is 4.90 Å². The highest BCUT2D eigenvalue weighted by molar-refractivity contribution is 5.82. The lowest BCUT2D eigenvalue weighted by Crippen LogP contribution is -2.38. The topological polar surface area (TPSA) is 59.5 Å². The van der Waals surface area contributed by atoms with Gasteiger partial charge in [0.25, 0.3) is 0 Å². The predicted octanol–water partition coefficient (Wildman–Crippen LogP) is 1.17. The number of aldehydes is 1. The average molecular weight is 252 g/mol. The van der Waals surface area contributed by atoms with Crippen LogP contribution in [-0.4, -0.2) is 36.9 Å². The molecule has 1 fully saturated rings. The predicted molar refractivity (Wildman–Crippen MR) is 62.0 cm³/mol. The molecule has 0 saturated carbocycles. The van der Waals surface area contributed by atoms with Crippen LogP contribution in [0.2, 0.25) is 0 Å². The summed E-state index contributed by atoms with van der Waals surface area (Å²) in [6, 6.07) is 0.772. The molecule has 96 valence electrons. The molecule has 18 heavy (non-hydrogen) atoms. The SMILES string of the molecule is COC(=O)C1CCCN1c1nccc(C=O)c1F. The van der Waals surface area contributed by atoms with Gasteiger partial charge in [-0.2, -0.15) is 0 Å². The zero-order valence-corrected chi connectivity index (χ0v) is 9.93. The number of ether oxygens (including phenoxy) is 1. The molecule has 1 aliphatic heterocycles. The summed E-state index contributed by atoms with van der Waals surface area (Å²) in [5, 5.41) is 0. The first-order valence-corrected chi connectivity index (χ1v) is 5.63. The van der Waals surface area contributed by atoms with Gasteiger partial charge in [-0.05, 0) is 18.9 Å². The largest absolute Gasteiger partial charge is 0.467 e. The second-order valence-corrected chi connectivity index (χ2v) is 4.03. The zero-order valence-electron chi connectivity index (χ0n) is 9.93.